The third-order valence-corrected chi connectivity index (χ3v) is 4.71. The van der Waals surface area contributed by atoms with Crippen LogP contribution in [-0.2, 0) is 16.1 Å². The van der Waals surface area contributed by atoms with Crippen molar-refractivity contribution < 1.29 is 27.5 Å². The second kappa shape index (κ2) is 11.2. The van der Waals surface area contributed by atoms with Gasteiger partial charge in [0.15, 0.2) is 0 Å². The summed E-state index contributed by atoms with van der Waals surface area (Å²) in [5.41, 5.74) is 0.444. The van der Waals surface area contributed by atoms with E-state index in [-0.39, 0.29) is 40.9 Å². The monoisotopic (exact) mass is 477 g/mol. The van der Waals surface area contributed by atoms with E-state index in [1.54, 1.807) is 30.0 Å². The number of carbonyl (C=O) groups excluding carboxylic acids is 2. The minimum atomic E-state index is -4.84. The van der Waals surface area contributed by atoms with Crippen LogP contribution in [-0.4, -0.2) is 42.7 Å². The zero-order valence-corrected chi connectivity index (χ0v) is 17.9. The van der Waals surface area contributed by atoms with Crippen molar-refractivity contribution in [1.82, 2.24) is 10.2 Å². The Morgan fingerprint density at radius 3 is 2.23 bits per heavy atom. The summed E-state index contributed by atoms with van der Waals surface area (Å²) < 4.78 is 41.4. The van der Waals surface area contributed by atoms with Crippen molar-refractivity contribution >= 4 is 40.7 Å². The van der Waals surface area contributed by atoms with Gasteiger partial charge in [0.05, 0.1) is 28.8 Å². The van der Waals surface area contributed by atoms with Crippen molar-refractivity contribution in [2.45, 2.75) is 19.8 Å². The lowest BCUT2D eigenvalue weighted by Crippen LogP contribution is -2.41. The molecule has 11 heteroatoms. The van der Waals surface area contributed by atoms with Gasteiger partial charge in [0.1, 0.15) is 5.75 Å². The van der Waals surface area contributed by atoms with Crippen molar-refractivity contribution in [3.63, 3.8) is 0 Å². The van der Waals surface area contributed by atoms with E-state index in [0.29, 0.717) is 6.54 Å². The average Bonchev–Trinajstić information content (AvgIpc) is 2.68. The van der Waals surface area contributed by atoms with Crippen molar-refractivity contribution in [3.05, 3.63) is 58.1 Å². The first-order chi connectivity index (χ1) is 14.6. The molecule has 6 nitrogen and oxygen atoms in total. The number of nitrogens with one attached hydrogen (secondary N) is 2. The quantitative estimate of drug-likeness (QED) is 0.558. The van der Waals surface area contributed by atoms with Crippen LogP contribution in [0.1, 0.15) is 12.5 Å². The number of amides is 2. The van der Waals surface area contributed by atoms with E-state index in [2.05, 4.69) is 15.4 Å². The van der Waals surface area contributed by atoms with Gasteiger partial charge in [0.2, 0.25) is 11.8 Å². The molecule has 2 amide bonds. The van der Waals surface area contributed by atoms with Crippen LogP contribution in [0.15, 0.2) is 42.5 Å². The molecule has 0 saturated carbocycles. The summed E-state index contributed by atoms with van der Waals surface area (Å²) in [5.74, 6) is -1.28. The fourth-order valence-corrected chi connectivity index (χ4v) is 3.10. The van der Waals surface area contributed by atoms with Crippen molar-refractivity contribution in [3.8, 4) is 5.75 Å². The number of hydrogen-bond acceptors (Lipinski definition) is 4. The first-order valence-corrected chi connectivity index (χ1v) is 9.91. The van der Waals surface area contributed by atoms with Gasteiger partial charge in [-0.15, -0.1) is 13.2 Å². The van der Waals surface area contributed by atoms with E-state index >= 15 is 0 Å². The summed E-state index contributed by atoms with van der Waals surface area (Å²) in [4.78, 5) is 26.1. The molecule has 168 valence electrons. The smallest absolute Gasteiger partial charge is 0.405 e. The van der Waals surface area contributed by atoms with Gasteiger partial charge in [-0.05, 0) is 24.7 Å². The van der Waals surface area contributed by atoms with E-state index in [1.807, 2.05) is 0 Å². The molecule has 0 fully saturated rings. The summed E-state index contributed by atoms with van der Waals surface area (Å²) >= 11 is 12.0. The van der Waals surface area contributed by atoms with Crippen LogP contribution in [0.3, 0.4) is 0 Å². The summed E-state index contributed by atoms with van der Waals surface area (Å²) in [6.45, 7) is 1.73. The molecule has 0 bridgehead atoms. The molecule has 2 aromatic rings. The Labute approximate surface area is 187 Å². The van der Waals surface area contributed by atoms with Gasteiger partial charge in [-0.1, -0.05) is 54.4 Å². The van der Waals surface area contributed by atoms with Crippen LogP contribution in [0.5, 0.6) is 5.75 Å². The number of ether oxygens (including phenoxy) is 1. The maximum atomic E-state index is 12.5. The topological polar surface area (TPSA) is 70.7 Å². The summed E-state index contributed by atoms with van der Waals surface area (Å²) in [6, 6.07) is 10.3. The van der Waals surface area contributed by atoms with Crippen LogP contribution in [0.25, 0.3) is 0 Å². The van der Waals surface area contributed by atoms with Gasteiger partial charge in [0.25, 0.3) is 0 Å². The third-order valence-electron chi connectivity index (χ3n) is 4.08. The maximum Gasteiger partial charge on any atom is 0.573 e. The average molecular weight is 478 g/mol. The number of rotatable bonds is 9. The van der Waals surface area contributed by atoms with Crippen LogP contribution >= 0.6 is 23.2 Å². The number of carbonyl (C=O) groups is 2. The number of anilines is 1. The number of benzene rings is 2. The Hall–Kier alpha value is -2.49. The highest BCUT2D eigenvalue weighted by molar-refractivity contribution is 6.39. The molecule has 0 aliphatic carbocycles. The van der Waals surface area contributed by atoms with Gasteiger partial charge in [-0.2, -0.15) is 0 Å². The first kappa shape index (κ1) is 24.8. The predicted octanol–water partition coefficient (Wildman–Crippen LogP) is 4.47. The van der Waals surface area contributed by atoms with Crippen molar-refractivity contribution in [1.29, 1.82) is 0 Å². The Balaban J connectivity index is 1.90. The number of alkyl halides is 3. The minimum Gasteiger partial charge on any atom is -0.405 e. The lowest BCUT2D eigenvalue weighted by molar-refractivity contribution is -0.274. The van der Waals surface area contributed by atoms with Crippen LogP contribution in [0.2, 0.25) is 10.0 Å². The van der Waals surface area contributed by atoms with Crippen LogP contribution in [0.4, 0.5) is 18.9 Å². The number of nitrogens with zero attached hydrogens (tertiary/aromatic N) is 1. The molecular formula is C20H20Cl2F3N3O3. The minimum absolute atomic E-state index is 0.112. The van der Waals surface area contributed by atoms with Crippen LogP contribution in [0, 0.1) is 0 Å². The maximum absolute atomic E-state index is 12.5. The zero-order valence-electron chi connectivity index (χ0n) is 16.4. The number of likely N-dealkylation sites (N-methyl/N-ethyl adjacent to an activating group) is 1. The first-order valence-electron chi connectivity index (χ1n) is 9.15. The highest BCUT2D eigenvalue weighted by atomic mass is 35.5. The molecule has 0 atom stereocenters. The molecule has 0 heterocycles. The van der Waals surface area contributed by atoms with E-state index in [0.717, 1.165) is 6.07 Å². The van der Waals surface area contributed by atoms with E-state index in [4.69, 9.17) is 23.2 Å². The van der Waals surface area contributed by atoms with E-state index in [9.17, 15) is 22.8 Å². The Morgan fingerprint density at radius 2 is 1.61 bits per heavy atom. The molecule has 0 aliphatic heterocycles. The molecule has 31 heavy (non-hydrogen) atoms. The van der Waals surface area contributed by atoms with Gasteiger partial charge in [0, 0.05) is 12.1 Å². The Kier molecular flexibility index (Phi) is 8.97. The standard InChI is InChI=1S/C20H20Cl2F3N3O3/c1-2-28(12-18(30)27-19-14(21)7-5-8-15(19)22)11-17(29)26-10-13-6-3-4-9-16(13)31-20(23,24)25/h3-9H,2,10-12H2,1H3,(H,26,29)(H,27,30). The molecule has 2 aromatic carbocycles. The van der Waals surface area contributed by atoms with E-state index < -0.39 is 23.9 Å². The highest BCUT2D eigenvalue weighted by Crippen LogP contribution is 2.29. The molecule has 0 aliphatic rings. The van der Waals surface area contributed by atoms with Gasteiger partial charge in [-0.25, -0.2) is 0 Å². The number of para-hydroxylation sites is 2. The fraction of sp³-hybridized carbons (Fsp3) is 0.300. The molecule has 0 unspecified atom stereocenters. The molecule has 0 aromatic heterocycles. The molecule has 2 N–H and O–H groups in total. The molecule has 0 saturated heterocycles. The van der Waals surface area contributed by atoms with Gasteiger partial charge in [-0.3, -0.25) is 14.5 Å². The zero-order chi connectivity index (χ0) is 23.0. The van der Waals surface area contributed by atoms with Gasteiger partial charge >= 0.3 is 6.36 Å². The number of halogens is 5. The lowest BCUT2D eigenvalue weighted by Gasteiger charge is -2.20. The highest BCUT2D eigenvalue weighted by Gasteiger charge is 2.32. The Bertz CT molecular complexity index is 906. The van der Waals surface area contributed by atoms with Crippen molar-refractivity contribution in [2.24, 2.45) is 0 Å². The predicted molar refractivity (Wildman–Crippen MR) is 112 cm³/mol. The molecule has 0 radical (unpaired) electrons. The largest absolute Gasteiger partial charge is 0.573 e. The molecular weight excluding hydrogens is 458 g/mol. The number of hydrogen-bond donors (Lipinski definition) is 2. The second-order valence-corrected chi connectivity index (χ2v) is 7.19. The van der Waals surface area contributed by atoms with Crippen molar-refractivity contribution in [2.75, 3.05) is 25.0 Å². The summed E-state index contributed by atoms with van der Waals surface area (Å²) in [5, 5.41) is 5.69. The van der Waals surface area contributed by atoms with Gasteiger partial charge < -0.3 is 15.4 Å². The fourth-order valence-electron chi connectivity index (χ4n) is 2.61. The lowest BCUT2D eigenvalue weighted by atomic mass is 10.2. The molecule has 2 rings (SSSR count). The summed E-state index contributed by atoms with van der Waals surface area (Å²) in [7, 11) is 0. The van der Waals surface area contributed by atoms with E-state index in [1.165, 1.54) is 18.2 Å². The normalized spacial score (nSPS) is 11.3. The molecule has 0 spiro atoms. The van der Waals surface area contributed by atoms with Crippen LogP contribution < -0.4 is 15.4 Å². The Morgan fingerprint density at radius 1 is 1.00 bits per heavy atom. The summed E-state index contributed by atoms with van der Waals surface area (Å²) in [6.07, 6.45) is -4.84. The second-order valence-electron chi connectivity index (χ2n) is 6.38. The SMILES string of the molecule is CCN(CC(=O)NCc1ccccc1OC(F)(F)F)CC(=O)Nc1c(Cl)cccc1Cl. The third kappa shape index (κ3) is 8.28.